The Bertz CT molecular complexity index is 371. The zero-order chi connectivity index (χ0) is 15.2. The van der Waals surface area contributed by atoms with E-state index in [2.05, 4.69) is 10.2 Å². The summed E-state index contributed by atoms with van der Waals surface area (Å²) < 4.78 is 4.80. The molecule has 0 aromatic heterocycles. The predicted octanol–water partition coefficient (Wildman–Crippen LogP) is 0.356. The first-order chi connectivity index (χ1) is 10.1. The van der Waals surface area contributed by atoms with Gasteiger partial charge >= 0.3 is 12.0 Å². The lowest BCUT2D eigenvalue weighted by molar-refractivity contribution is -0.148. The minimum atomic E-state index is -1.06. The van der Waals surface area contributed by atoms with Gasteiger partial charge in [-0.3, -0.25) is 4.90 Å². The van der Waals surface area contributed by atoms with Crippen molar-refractivity contribution in [1.29, 1.82) is 0 Å². The molecule has 0 aromatic carbocycles. The van der Waals surface area contributed by atoms with Crippen LogP contribution in [0.25, 0.3) is 0 Å². The number of amides is 2. The Morgan fingerprint density at radius 3 is 2.62 bits per heavy atom. The third-order valence-electron chi connectivity index (χ3n) is 4.36. The van der Waals surface area contributed by atoms with E-state index in [-0.39, 0.29) is 12.6 Å². The maximum absolute atomic E-state index is 12.1. The number of nitrogens with zero attached hydrogens (tertiary/aromatic N) is 2. The van der Waals surface area contributed by atoms with Crippen LogP contribution in [0.15, 0.2) is 0 Å². The van der Waals surface area contributed by atoms with E-state index in [1.54, 1.807) is 4.90 Å². The summed E-state index contributed by atoms with van der Waals surface area (Å²) in [7, 11) is 1.33. The third kappa shape index (κ3) is 4.31. The summed E-state index contributed by atoms with van der Waals surface area (Å²) in [5.74, 6) is -1.06. The zero-order valence-electron chi connectivity index (χ0n) is 12.6. The molecule has 7 heteroatoms. The lowest BCUT2D eigenvalue weighted by Gasteiger charge is -2.32. The molecule has 120 valence electrons. The second-order valence-corrected chi connectivity index (χ2v) is 5.73. The van der Waals surface area contributed by atoms with Gasteiger partial charge in [0.1, 0.15) is 0 Å². The molecule has 2 N–H and O–H groups in total. The number of hydrogen-bond donors (Lipinski definition) is 2. The van der Waals surface area contributed by atoms with Gasteiger partial charge in [-0.05, 0) is 32.4 Å². The van der Waals surface area contributed by atoms with Crippen molar-refractivity contribution >= 4 is 12.0 Å². The highest BCUT2D eigenvalue weighted by molar-refractivity contribution is 5.77. The average Bonchev–Trinajstić information content (AvgIpc) is 2.98. The van der Waals surface area contributed by atoms with Gasteiger partial charge < -0.3 is 20.1 Å². The van der Waals surface area contributed by atoms with Gasteiger partial charge in [0.25, 0.3) is 0 Å². The van der Waals surface area contributed by atoms with Crippen LogP contribution >= 0.6 is 0 Å². The number of methoxy groups -OCH3 is 1. The van der Waals surface area contributed by atoms with E-state index in [1.165, 1.54) is 26.4 Å². The average molecular weight is 299 g/mol. The number of hydrogen-bond acceptors (Lipinski definition) is 4. The monoisotopic (exact) mass is 299 g/mol. The van der Waals surface area contributed by atoms with Gasteiger partial charge in [0.2, 0.25) is 0 Å². The number of likely N-dealkylation sites (tertiary alicyclic amines) is 2. The molecule has 2 atom stereocenters. The van der Waals surface area contributed by atoms with E-state index in [4.69, 9.17) is 9.84 Å². The van der Waals surface area contributed by atoms with Crippen LogP contribution < -0.4 is 5.32 Å². The van der Waals surface area contributed by atoms with Crippen LogP contribution in [-0.4, -0.2) is 78.9 Å². The highest BCUT2D eigenvalue weighted by Crippen LogP contribution is 2.20. The van der Waals surface area contributed by atoms with Crippen LogP contribution in [0.4, 0.5) is 4.79 Å². The lowest BCUT2D eigenvalue weighted by Crippen LogP contribution is -2.46. The molecule has 2 unspecified atom stereocenters. The van der Waals surface area contributed by atoms with Crippen molar-refractivity contribution in [3.05, 3.63) is 0 Å². The van der Waals surface area contributed by atoms with Crippen LogP contribution in [-0.2, 0) is 9.53 Å². The molecule has 2 rings (SSSR count). The predicted molar refractivity (Wildman–Crippen MR) is 77.2 cm³/mol. The smallest absolute Gasteiger partial charge is 0.334 e. The standard InChI is InChI=1S/C14H25N3O4/c1-21-12(13(18)19)9-15-14(20)17-8-5-11(10-17)16-6-3-2-4-7-16/h11-12H,2-10H2,1H3,(H,15,20)(H,18,19). The van der Waals surface area contributed by atoms with E-state index in [0.717, 1.165) is 32.6 Å². The Balaban J connectivity index is 1.75. The summed E-state index contributed by atoms with van der Waals surface area (Å²) in [4.78, 5) is 27.1. The number of ether oxygens (including phenoxy) is 1. The van der Waals surface area contributed by atoms with Crippen molar-refractivity contribution in [3.63, 3.8) is 0 Å². The molecule has 2 aliphatic heterocycles. The van der Waals surface area contributed by atoms with Crippen LogP contribution in [0.2, 0.25) is 0 Å². The first-order valence-electron chi connectivity index (χ1n) is 7.64. The summed E-state index contributed by atoms with van der Waals surface area (Å²) >= 11 is 0. The van der Waals surface area contributed by atoms with Crippen molar-refractivity contribution in [1.82, 2.24) is 15.1 Å². The second-order valence-electron chi connectivity index (χ2n) is 5.73. The Kier molecular flexibility index (Phi) is 5.81. The molecule has 0 aliphatic carbocycles. The fourth-order valence-electron chi connectivity index (χ4n) is 3.07. The van der Waals surface area contributed by atoms with Gasteiger partial charge in [-0.2, -0.15) is 0 Å². The Morgan fingerprint density at radius 2 is 2.00 bits per heavy atom. The van der Waals surface area contributed by atoms with E-state index in [0.29, 0.717) is 6.04 Å². The molecule has 2 saturated heterocycles. The summed E-state index contributed by atoms with van der Waals surface area (Å²) in [6.07, 6.45) is 3.81. The maximum atomic E-state index is 12.1. The molecule has 0 aromatic rings. The van der Waals surface area contributed by atoms with Gasteiger partial charge in [0, 0.05) is 26.2 Å². The molecule has 2 aliphatic rings. The first kappa shape index (κ1) is 16.0. The van der Waals surface area contributed by atoms with Crippen molar-refractivity contribution < 1.29 is 19.4 Å². The van der Waals surface area contributed by atoms with Crippen molar-refractivity contribution in [3.8, 4) is 0 Å². The number of carbonyl (C=O) groups is 2. The van der Waals surface area contributed by atoms with Crippen LogP contribution in [0, 0.1) is 0 Å². The Morgan fingerprint density at radius 1 is 1.29 bits per heavy atom. The van der Waals surface area contributed by atoms with Crippen molar-refractivity contribution in [2.45, 2.75) is 37.8 Å². The molecule has 0 saturated carbocycles. The van der Waals surface area contributed by atoms with Crippen molar-refractivity contribution in [2.24, 2.45) is 0 Å². The lowest BCUT2D eigenvalue weighted by atomic mass is 10.1. The summed E-state index contributed by atoms with van der Waals surface area (Å²) in [6.45, 7) is 3.72. The fraction of sp³-hybridized carbons (Fsp3) is 0.857. The fourth-order valence-corrected chi connectivity index (χ4v) is 3.07. The molecule has 7 nitrogen and oxygen atoms in total. The van der Waals surface area contributed by atoms with E-state index < -0.39 is 12.1 Å². The summed E-state index contributed by atoms with van der Waals surface area (Å²) in [5, 5.41) is 11.5. The number of piperidine rings is 1. The second kappa shape index (κ2) is 7.61. The SMILES string of the molecule is COC(CNC(=O)N1CCC(N2CCCCC2)C1)C(=O)O. The number of urea groups is 1. The van der Waals surface area contributed by atoms with Gasteiger partial charge in [0.05, 0.1) is 6.54 Å². The van der Waals surface area contributed by atoms with Gasteiger partial charge in [0.15, 0.2) is 6.10 Å². The van der Waals surface area contributed by atoms with E-state index in [1.807, 2.05) is 0 Å². The molecule has 21 heavy (non-hydrogen) atoms. The minimum Gasteiger partial charge on any atom is -0.479 e. The van der Waals surface area contributed by atoms with E-state index >= 15 is 0 Å². The largest absolute Gasteiger partial charge is 0.479 e. The number of carboxylic acids is 1. The summed E-state index contributed by atoms with van der Waals surface area (Å²) in [6, 6.07) is 0.256. The first-order valence-corrected chi connectivity index (χ1v) is 7.64. The zero-order valence-corrected chi connectivity index (χ0v) is 12.6. The number of carbonyl (C=O) groups excluding carboxylic acids is 1. The number of carboxylic acid groups (broad SMARTS) is 1. The Labute approximate surface area is 125 Å². The highest BCUT2D eigenvalue weighted by atomic mass is 16.5. The summed E-state index contributed by atoms with van der Waals surface area (Å²) in [5.41, 5.74) is 0. The van der Waals surface area contributed by atoms with Crippen molar-refractivity contribution in [2.75, 3.05) is 39.8 Å². The van der Waals surface area contributed by atoms with E-state index in [9.17, 15) is 9.59 Å². The maximum Gasteiger partial charge on any atom is 0.334 e. The van der Waals surface area contributed by atoms with Gasteiger partial charge in [-0.1, -0.05) is 6.42 Å². The number of aliphatic carboxylic acids is 1. The highest BCUT2D eigenvalue weighted by Gasteiger charge is 2.31. The molecule has 0 spiro atoms. The molecule has 0 radical (unpaired) electrons. The quantitative estimate of drug-likeness (QED) is 0.766. The number of nitrogens with one attached hydrogen (secondary N) is 1. The normalized spacial score (nSPS) is 24.8. The molecule has 0 bridgehead atoms. The van der Waals surface area contributed by atoms with Crippen LogP contribution in [0.1, 0.15) is 25.7 Å². The van der Waals surface area contributed by atoms with Crippen LogP contribution in [0.5, 0.6) is 0 Å². The van der Waals surface area contributed by atoms with Gasteiger partial charge in [-0.15, -0.1) is 0 Å². The van der Waals surface area contributed by atoms with Crippen LogP contribution in [0.3, 0.4) is 0 Å². The molecule has 2 amide bonds. The van der Waals surface area contributed by atoms with Gasteiger partial charge in [-0.25, -0.2) is 9.59 Å². The number of rotatable bonds is 5. The molecular formula is C14H25N3O4. The molecule has 2 fully saturated rings. The molecular weight excluding hydrogens is 274 g/mol. The third-order valence-corrected chi connectivity index (χ3v) is 4.36. The molecule has 2 heterocycles. The minimum absolute atomic E-state index is 0.00442. The Hall–Kier alpha value is -1.34. The topological polar surface area (TPSA) is 82.1 Å².